The first kappa shape index (κ1) is 26.4. The van der Waals surface area contributed by atoms with E-state index < -0.39 is 17.8 Å². The van der Waals surface area contributed by atoms with E-state index in [2.05, 4.69) is 31.2 Å². The third kappa shape index (κ3) is 5.90. The van der Waals surface area contributed by atoms with Crippen LogP contribution in [0.5, 0.6) is 5.75 Å². The van der Waals surface area contributed by atoms with Gasteiger partial charge in [0.1, 0.15) is 11.6 Å². The maximum absolute atomic E-state index is 15.1. The molecule has 0 heterocycles. The number of alkyl halides is 2. The van der Waals surface area contributed by atoms with Crippen molar-refractivity contribution in [1.29, 1.82) is 5.26 Å². The summed E-state index contributed by atoms with van der Waals surface area (Å²) in [6, 6.07) is 21.2. The van der Waals surface area contributed by atoms with Crippen molar-refractivity contribution in [1.82, 2.24) is 0 Å². The van der Waals surface area contributed by atoms with Gasteiger partial charge in [0.2, 0.25) is 0 Å². The van der Waals surface area contributed by atoms with Crippen molar-refractivity contribution in [2.75, 3.05) is 0 Å². The van der Waals surface area contributed by atoms with Gasteiger partial charge in [-0.3, -0.25) is 0 Å². The SMILES string of the molecule is CC1CCC(c2ccc(C3CCC(C(F)(F)Oc4ccc(-c5ccc(C#N)cc5)c(F)c4)CC3)cc2)CC1. The van der Waals surface area contributed by atoms with Gasteiger partial charge in [0.15, 0.2) is 0 Å². The van der Waals surface area contributed by atoms with Gasteiger partial charge in [-0.2, -0.15) is 14.0 Å². The van der Waals surface area contributed by atoms with Gasteiger partial charge in [-0.25, -0.2) is 4.39 Å². The highest BCUT2D eigenvalue weighted by Crippen LogP contribution is 2.44. The maximum Gasteiger partial charge on any atom is 0.400 e. The Morgan fingerprint density at radius 1 is 0.763 bits per heavy atom. The monoisotopic (exact) mass is 517 g/mol. The molecule has 2 saturated carbocycles. The van der Waals surface area contributed by atoms with Crippen molar-refractivity contribution in [3.63, 3.8) is 0 Å². The van der Waals surface area contributed by atoms with E-state index in [-0.39, 0.29) is 17.2 Å². The Balaban J connectivity index is 1.17. The molecule has 0 saturated heterocycles. The van der Waals surface area contributed by atoms with Crippen LogP contribution in [0, 0.1) is 29.0 Å². The smallest absolute Gasteiger partial charge is 0.400 e. The summed E-state index contributed by atoms with van der Waals surface area (Å²) in [5.41, 5.74) is 3.96. The molecule has 0 amide bonds. The highest BCUT2D eigenvalue weighted by atomic mass is 19.3. The minimum Gasteiger partial charge on any atom is -0.432 e. The summed E-state index contributed by atoms with van der Waals surface area (Å²) in [6.45, 7) is 2.33. The zero-order chi connectivity index (χ0) is 26.7. The van der Waals surface area contributed by atoms with E-state index in [0.29, 0.717) is 42.7 Å². The molecule has 5 heteroatoms. The predicted molar refractivity (Wildman–Crippen MR) is 144 cm³/mol. The van der Waals surface area contributed by atoms with E-state index in [9.17, 15) is 4.39 Å². The van der Waals surface area contributed by atoms with E-state index in [4.69, 9.17) is 10.00 Å². The Hall–Kier alpha value is -3.26. The number of hydrogen-bond donors (Lipinski definition) is 0. The topological polar surface area (TPSA) is 33.0 Å². The molecule has 198 valence electrons. The van der Waals surface area contributed by atoms with E-state index in [1.807, 2.05) is 6.07 Å². The lowest BCUT2D eigenvalue weighted by molar-refractivity contribution is -0.222. The fourth-order valence-corrected chi connectivity index (χ4v) is 6.15. The summed E-state index contributed by atoms with van der Waals surface area (Å²) in [5, 5.41) is 8.93. The highest BCUT2D eigenvalue weighted by molar-refractivity contribution is 5.65. The van der Waals surface area contributed by atoms with Gasteiger partial charge in [-0.05, 0) is 97.2 Å². The molecule has 3 aromatic carbocycles. The molecule has 0 aliphatic heterocycles. The standard InChI is InChI=1S/C33H34F3NO/c1-22-2-6-24(7-3-22)25-10-12-26(13-11-25)27-14-16-29(17-15-27)33(35,36)38-30-18-19-31(32(34)20-30)28-8-4-23(21-37)5-9-28/h4-5,8-13,18-20,22,24,27,29H,2-3,6-7,14-17H2,1H3. The molecule has 0 unspecified atom stereocenters. The molecule has 2 aliphatic rings. The maximum atomic E-state index is 15.1. The number of nitriles is 1. The number of ether oxygens (including phenoxy) is 1. The lowest BCUT2D eigenvalue weighted by Gasteiger charge is -2.33. The average Bonchev–Trinajstić information content (AvgIpc) is 2.94. The van der Waals surface area contributed by atoms with Gasteiger partial charge in [0.25, 0.3) is 0 Å². The molecule has 0 N–H and O–H groups in total. The van der Waals surface area contributed by atoms with Crippen molar-refractivity contribution in [2.24, 2.45) is 11.8 Å². The third-order valence-corrected chi connectivity index (χ3v) is 8.62. The normalized spacial score (nSPS) is 24.0. The molecule has 0 aromatic heterocycles. The first-order valence-electron chi connectivity index (χ1n) is 13.8. The first-order valence-corrected chi connectivity index (χ1v) is 13.8. The number of rotatable bonds is 6. The highest BCUT2D eigenvalue weighted by Gasteiger charge is 2.44. The van der Waals surface area contributed by atoms with Crippen LogP contribution in [-0.4, -0.2) is 6.11 Å². The molecule has 2 aliphatic carbocycles. The van der Waals surface area contributed by atoms with Gasteiger partial charge in [0.05, 0.1) is 17.6 Å². The molecule has 38 heavy (non-hydrogen) atoms. The predicted octanol–water partition coefficient (Wildman–Crippen LogP) is 9.60. The minimum absolute atomic E-state index is 0.181. The number of benzene rings is 3. The van der Waals surface area contributed by atoms with Crippen LogP contribution < -0.4 is 4.74 Å². The van der Waals surface area contributed by atoms with E-state index in [1.165, 1.54) is 48.9 Å². The molecule has 0 bridgehead atoms. The van der Waals surface area contributed by atoms with E-state index in [1.54, 1.807) is 24.3 Å². The average molecular weight is 518 g/mol. The van der Waals surface area contributed by atoms with Crippen molar-refractivity contribution in [3.8, 4) is 22.9 Å². The van der Waals surface area contributed by atoms with E-state index >= 15 is 8.78 Å². The second-order valence-electron chi connectivity index (χ2n) is 11.2. The molecule has 2 nitrogen and oxygen atoms in total. The van der Waals surface area contributed by atoms with Crippen LogP contribution in [0.25, 0.3) is 11.1 Å². The van der Waals surface area contributed by atoms with Crippen LogP contribution in [0.15, 0.2) is 66.7 Å². The molecule has 3 aromatic rings. The molecule has 2 fully saturated rings. The van der Waals surface area contributed by atoms with Crippen LogP contribution in [-0.2, 0) is 0 Å². The van der Waals surface area contributed by atoms with Gasteiger partial charge < -0.3 is 4.74 Å². The first-order chi connectivity index (χ1) is 18.3. The van der Waals surface area contributed by atoms with Gasteiger partial charge >= 0.3 is 6.11 Å². The van der Waals surface area contributed by atoms with Crippen molar-refractivity contribution in [3.05, 3.63) is 89.2 Å². The Morgan fingerprint density at radius 2 is 1.32 bits per heavy atom. The van der Waals surface area contributed by atoms with Crippen molar-refractivity contribution >= 4 is 0 Å². The fourth-order valence-electron chi connectivity index (χ4n) is 6.15. The van der Waals surface area contributed by atoms with Gasteiger partial charge in [-0.15, -0.1) is 0 Å². The lowest BCUT2D eigenvalue weighted by atomic mass is 9.76. The Labute approximate surface area is 223 Å². The molecule has 0 atom stereocenters. The van der Waals surface area contributed by atoms with E-state index in [0.717, 1.165) is 12.0 Å². The van der Waals surface area contributed by atoms with Crippen LogP contribution in [0.2, 0.25) is 0 Å². The fraction of sp³-hybridized carbons (Fsp3) is 0.424. The Bertz CT molecular complexity index is 1260. The number of nitrogens with zero attached hydrogens (tertiary/aromatic N) is 1. The summed E-state index contributed by atoms with van der Waals surface area (Å²) in [4.78, 5) is 0. The lowest BCUT2D eigenvalue weighted by Crippen LogP contribution is -2.37. The second kappa shape index (κ2) is 11.2. The van der Waals surface area contributed by atoms with Gasteiger partial charge in [-0.1, -0.05) is 56.2 Å². The summed E-state index contributed by atoms with van der Waals surface area (Å²) < 4.78 is 50.0. The van der Waals surface area contributed by atoms with Crippen molar-refractivity contribution in [2.45, 2.75) is 76.2 Å². The third-order valence-electron chi connectivity index (χ3n) is 8.62. The van der Waals surface area contributed by atoms with Crippen LogP contribution in [0.4, 0.5) is 13.2 Å². The molecular weight excluding hydrogens is 483 g/mol. The Morgan fingerprint density at radius 3 is 1.84 bits per heavy atom. The summed E-state index contributed by atoms with van der Waals surface area (Å²) >= 11 is 0. The summed E-state index contributed by atoms with van der Waals surface area (Å²) in [6.07, 6.45) is 3.84. The molecule has 0 spiro atoms. The zero-order valence-corrected chi connectivity index (χ0v) is 21.8. The van der Waals surface area contributed by atoms with Crippen LogP contribution >= 0.6 is 0 Å². The summed E-state index contributed by atoms with van der Waals surface area (Å²) in [7, 11) is 0. The summed E-state index contributed by atoms with van der Waals surface area (Å²) in [5.74, 6) is 0.0395. The van der Waals surface area contributed by atoms with Crippen molar-refractivity contribution < 1.29 is 17.9 Å². The molecular formula is C33H34F3NO. The van der Waals surface area contributed by atoms with Crippen LogP contribution in [0.1, 0.15) is 86.8 Å². The molecule has 5 rings (SSSR count). The zero-order valence-electron chi connectivity index (χ0n) is 21.8. The number of halogens is 3. The second-order valence-corrected chi connectivity index (χ2v) is 11.2. The quantitative estimate of drug-likeness (QED) is 0.326. The minimum atomic E-state index is -3.37. The molecule has 0 radical (unpaired) electrons. The Kier molecular flexibility index (Phi) is 7.79. The largest absolute Gasteiger partial charge is 0.432 e. The van der Waals surface area contributed by atoms with Crippen LogP contribution in [0.3, 0.4) is 0 Å². The van der Waals surface area contributed by atoms with Gasteiger partial charge in [0, 0.05) is 11.6 Å². The number of hydrogen-bond acceptors (Lipinski definition) is 2.